The number of likely N-dealkylation sites (tertiary alicyclic amines) is 1. The monoisotopic (exact) mass is 440 g/mol. The quantitative estimate of drug-likeness (QED) is 0.368. The van der Waals surface area contributed by atoms with Crippen molar-refractivity contribution in [2.75, 3.05) is 26.7 Å². The van der Waals surface area contributed by atoms with Gasteiger partial charge in [0, 0.05) is 19.6 Å². The maximum atomic E-state index is 5.91. The topological polar surface area (TPSA) is 15.7 Å². The molecule has 0 unspecified atom stereocenters. The minimum absolute atomic E-state index is 0.749. The molecule has 3 aromatic carbocycles. The van der Waals surface area contributed by atoms with E-state index >= 15 is 0 Å². The van der Waals surface area contributed by atoms with E-state index in [9.17, 15) is 0 Å². The summed E-state index contributed by atoms with van der Waals surface area (Å²) in [6.45, 7) is 5.82. The van der Waals surface area contributed by atoms with Gasteiger partial charge in [0.15, 0.2) is 0 Å². The van der Waals surface area contributed by atoms with Gasteiger partial charge in [-0.25, -0.2) is 0 Å². The van der Waals surface area contributed by atoms with Crippen LogP contribution < -0.4 is 4.74 Å². The fourth-order valence-corrected chi connectivity index (χ4v) is 5.36. The van der Waals surface area contributed by atoms with E-state index in [4.69, 9.17) is 4.74 Å². The predicted octanol–water partition coefficient (Wildman–Crippen LogP) is 6.70. The minimum atomic E-state index is 0.749. The molecule has 0 spiro atoms. The minimum Gasteiger partial charge on any atom is -0.457 e. The second-order valence-electron chi connectivity index (χ2n) is 10.0. The van der Waals surface area contributed by atoms with Crippen LogP contribution in [-0.2, 0) is 13.1 Å². The van der Waals surface area contributed by atoms with E-state index in [1.807, 2.05) is 30.3 Å². The first-order chi connectivity index (χ1) is 16.2. The van der Waals surface area contributed by atoms with Gasteiger partial charge in [0.1, 0.15) is 11.5 Å². The van der Waals surface area contributed by atoms with Crippen LogP contribution in [-0.4, -0.2) is 36.5 Å². The summed E-state index contributed by atoms with van der Waals surface area (Å²) in [5, 5.41) is 0. The van der Waals surface area contributed by atoms with Crippen molar-refractivity contribution >= 4 is 0 Å². The lowest BCUT2D eigenvalue weighted by atomic mass is 9.71. The average molecular weight is 441 g/mol. The fraction of sp³-hybridized carbons (Fsp3) is 0.400. The molecule has 0 atom stereocenters. The molecule has 1 saturated carbocycles. The van der Waals surface area contributed by atoms with E-state index in [1.165, 1.54) is 62.0 Å². The second-order valence-corrected chi connectivity index (χ2v) is 10.0. The van der Waals surface area contributed by atoms with Crippen LogP contribution in [0.3, 0.4) is 0 Å². The maximum absolute atomic E-state index is 5.91. The van der Waals surface area contributed by atoms with Gasteiger partial charge in [-0.05, 0) is 98.6 Å². The highest BCUT2D eigenvalue weighted by Crippen LogP contribution is 2.42. The Bertz CT molecular complexity index is 988. The first kappa shape index (κ1) is 22.2. The van der Waals surface area contributed by atoms with E-state index in [0.717, 1.165) is 36.4 Å². The summed E-state index contributed by atoms with van der Waals surface area (Å²) in [5.74, 6) is 3.33. The Kier molecular flexibility index (Phi) is 7.09. The van der Waals surface area contributed by atoms with Crippen LogP contribution >= 0.6 is 0 Å². The molecule has 2 fully saturated rings. The molecule has 0 aromatic heterocycles. The zero-order valence-electron chi connectivity index (χ0n) is 19.8. The van der Waals surface area contributed by atoms with Crippen LogP contribution in [0.2, 0.25) is 0 Å². The van der Waals surface area contributed by atoms with Gasteiger partial charge in [0.05, 0.1) is 0 Å². The van der Waals surface area contributed by atoms with Crippen LogP contribution in [0, 0.1) is 5.92 Å². The summed E-state index contributed by atoms with van der Waals surface area (Å²) in [4.78, 5) is 5.04. The van der Waals surface area contributed by atoms with Crippen molar-refractivity contribution < 1.29 is 4.74 Å². The average Bonchev–Trinajstić information content (AvgIpc) is 3.32. The van der Waals surface area contributed by atoms with Crippen LogP contribution in [0.4, 0.5) is 0 Å². The molecule has 5 rings (SSSR count). The Balaban J connectivity index is 1.04. The standard InChI is InChI=1S/C30H36N2O/c1-31(21-24-11-15-30(16-12-24)33-29-7-3-2-4-8-29)22-26-19-28(20-26)27-13-9-25(10-14-27)23-32-17-5-6-18-32/h2-4,7-16,26,28H,5-6,17-23H2,1H3. The van der Waals surface area contributed by atoms with Crippen molar-refractivity contribution in [2.24, 2.45) is 5.92 Å². The van der Waals surface area contributed by atoms with Crippen molar-refractivity contribution in [3.63, 3.8) is 0 Å². The molecule has 0 bridgehead atoms. The van der Waals surface area contributed by atoms with Crippen molar-refractivity contribution in [3.8, 4) is 11.5 Å². The number of hydrogen-bond donors (Lipinski definition) is 0. The van der Waals surface area contributed by atoms with Crippen molar-refractivity contribution in [2.45, 2.75) is 44.7 Å². The lowest BCUT2D eigenvalue weighted by Gasteiger charge is -2.38. The normalized spacial score (nSPS) is 20.7. The largest absolute Gasteiger partial charge is 0.457 e. The van der Waals surface area contributed by atoms with Gasteiger partial charge in [-0.3, -0.25) is 4.90 Å². The highest BCUT2D eigenvalue weighted by atomic mass is 16.5. The molecule has 1 saturated heterocycles. The summed E-state index contributed by atoms with van der Waals surface area (Å²) in [6.07, 6.45) is 5.37. The Hall–Kier alpha value is -2.62. The van der Waals surface area contributed by atoms with Crippen molar-refractivity contribution in [1.29, 1.82) is 0 Å². The fourth-order valence-electron chi connectivity index (χ4n) is 5.36. The molecule has 1 aliphatic carbocycles. The molecule has 1 aliphatic heterocycles. The third-order valence-corrected chi connectivity index (χ3v) is 7.22. The maximum Gasteiger partial charge on any atom is 0.127 e. The SMILES string of the molecule is CN(Cc1ccc(Oc2ccccc2)cc1)CC1CC(c2ccc(CN3CCCC3)cc2)C1. The van der Waals surface area contributed by atoms with Gasteiger partial charge >= 0.3 is 0 Å². The Morgan fingerprint density at radius 2 is 1.42 bits per heavy atom. The Morgan fingerprint density at radius 1 is 0.788 bits per heavy atom. The van der Waals surface area contributed by atoms with Crippen LogP contribution in [0.15, 0.2) is 78.9 Å². The van der Waals surface area contributed by atoms with Gasteiger partial charge in [-0.1, -0.05) is 54.6 Å². The zero-order chi connectivity index (χ0) is 22.5. The highest BCUT2D eigenvalue weighted by Gasteiger charge is 2.30. The van der Waals surface area contributed by atoms with Crippen LogP contribution in [0.25, 0.3) is 0 Å². The lowest BCUT2D eigenvalue weighted by Crippen LogP contribution is -2.33. The lowest BCUT2D eigenvalue weighted by molar-refractivity contribution is 0.176. The zero-order valence-corrected chi connectivity index (χ0v) is 19.8. The predicted molar refractivity (Wildman–Crippen MR) is 136 cm³/mol. The molecule has 3 heteroatoms. The number of rotatable bonds is 9. The number of nitrogens with zero attached hydrogens (tertiary/aromatic N) is 2. The van der Waals surface area contributed by atoms with E-state index < -0.39 is 0 Å². The molecule has 1 heterocycles. The van der Waals surface area contributed by atoms with E-state index in [2.05, 4.69) is 65.4 Å². The molecule has 0 N–H and O–H groups in total. The number of para-hydroxylation sites is 1. The van der Waals surface area contributed by atoms with Gasteiger partial charge in [0.2, 0.25) is 0 Å². The highest BCUT2D eigenvalue weighted by molar-refractivity contribution is 5.33. The van der Waals surface area contributed by atoms with Gasteiger partial charge in [-0.15, -0.1) is 0 Å². The first-order valence-corrected chi connectivity index (χ1v) is 12.5. The van der Waals surface area contributed by atoms with Gasteiger partial charge in [0.25, 0.3) is 0 Å². The molecule has 0 amide bonds. The van der Waals surface area contributed by atoms with E-state index in [0.29, 0.717) is 0 Å². The summed E-state index contributed by atoms with van der Waals surface area (Å²) in [5.41, 5.74) is 4.34. The van der Waals surface area contributed by atoms with Crippen LogP contribution in [0.1, 0.15) is 48.3 Å². The Labute approximate surface area is 199 Å². The summed E-state index contributed by atoms with van der Waals surface area (Å²) < 4.78 is 5.91. The third-order valence-electron chi connectivity index (χ3n) is 7.22. The first-order valence-electron chi connectivity index (χ1n) is 12.5. The van der Waals surface area contributed by atoms with Gasteiger partial charge in [-0.2, -0.15) is 0 Å². The van der Waals surface area contributed by atoms with Crippen LogP contribution in [0.5, 0.6) is 11.5 Å². The molecular weight excluding hydrogens is 404 g/mol. The number of hydrogen-bond acceptors (Lipinski definition) is 3. The number of ether oxygens (including phenoxy) is 1. The summed E-state index contributed by atoms with van der Waals surface area (Å²) in [7, 11) is 2.24. The van der Waals surface area contributed by atoms with E-state index in [1.54, 1.807) is 0 Å². The molecule has 0 radical (unpaired) electrons. The van der Waals surface area contributed by atoms with E-state index in [-0.39, 0.29) is 0 Å². The smallest absolute Gasteiger partial charge is 0.127 e. The van der Waals surface area contributed by atoms with Crippen molar-refractivity contribution in [1.82, 2.24) is 9.80 Å². The molecule has 3 aromatic rings. The third kappa shape index (κ3) is 6.04. The summed E-state index contributed by atoms with van der Waals surface area (Å²) >= 11 is 0. The number of benzene rings is 3. The molecule has 2 aliphatic rings. The Morgan fingerprint density at radius 3 is 2.12 bits per heavy atom. The molecule has 172 valence electrons. The molecular formula is C30H36N2O. The van der Waals surface area contributed by atoms with Gasteiger partial charge < -0.3 is 9.64 Å². The molecule has 33 heavy (non-hydrogen) atoms. The second kappa shape index (κ2) is 10.5. The summed E-state index contributed by atoms with van der Waals surface area (Å²) in [6, 6.07) is 28.0. The molecule has 3 nitrogen and oxygen atoms in total. The van der Waals surface area contributed by atoms with Crippen molar-refractivity contribution in [3.05, 3.63) is 95.6 Å².